The molecule has 3 aromatic carbocycles. The van der Waals surface area contributed by atoms with Gasteiger partial charge in [-0.15, -0.1) is 5.10 Å². The minimum atomic E-state index is -4.80. The van der Waals surface area contributed by atoms with Crippen molar-refractivity contribution < 1.29 is 31.1 Å². The molecule has 2 fully saturated rings. The van der Waals surface area contributed by atoms with Crippen LogP contribution in [0.2, 0.25) is 0 Å². The van der Waals surface area contributed by atoms with Gasteiger partial charge in [0, 0.05) is 57.3 Å². The summed E-state index contributed by atoms with van der Waals surface area (Å²) in [6, 6.07) is 23.2. The van der Waals surface area contributed by atoms with E-state index in [1.54, 1.807) is 6.07 Å². The van der Waals surface area contributed by atoms with Gasteiger partial charge in [-0.3, -0.25) is 9.80 Å². The van der Waals surface area contributed by atoms with Gasteiger partial charge in [0.1, 0.15) is 11.4 Å². The number of hydrogen-bond acceptors (Lipinski definition) is 9. The zero-order valence-electron chi connectivity index (χ0n) is 26.2. The first kappa shape index (κ1) is 32.9. The van der Waals surface area contributed by atoms with Crippen LogP contribution in [-0.2, 0) is 22.7 Å². The van der Waals surface area contributed by atoms with Crippen LogP contribution in [0.1, 0.15) is 28.4 Å². The van der Waals surface area contributed by atoms with Crippen LogP contribution in [0.25, 0.3) is 5.69 Å². The van der Waals surface area contributed by atoms with Crippen LogP contribution in [-0.4, -0.2) is 108 Å². The average Bonchev–Trinajstić information content (AvgIpc) is 3.56. The highest BCUT2D eigenvalue weighted by Crippen LogP contribution is 2.40. The maximum Gasteiger partial charge on any atom is 0.453 e. The number of benzene rings is 3. The lowest BCUT2D eigenvalue weighted by Crippen LogP contribution is -2.67. The monoisotopic (exact) mass is 671 g/mol. The number of rotatable bonds is 9. The minimum Gasteiger partial charge on any atom is -0.496 e. The number of sulfonamides is 1. The van der Waals surface area contributed by atoms with E-state index in [1.165, 1.54) is 30.8 Å². The molecule has 47 heavy (non-hydrogen) atoms. The van der Waals surface area contributed by atoms with Gasteiger partial charge < -0.3 is 9.47 Å². The third kappa shape index (κ3) is 6.70. The molecule has 15 heteroatoms. The Labute approximate surface area is 271 Å². The van der Waals surface area contributed by atoms with Crippen LogP contribution in [0.3, 0.4) is 0 Å². The van der Waals surface area contributed by atoms with Gasteiger partial charge in [0.25, 0.3) is 5.82 Å². The molecule has 0 N–H and O–H groups in total. The Balaban J connectivity index is 1.43. The average molecular weight is 672 g/mol. The smallest absolute Gasteiger partial charge is 0.453 e. The van der Waals surface area contributed by atoms with Gasteiger partial charge in [-0.2, -0.15) is 22.2 Å². The fourth-order valence-electron chi connectivity index (χ4n) is 6.95. The van der Waals surface area contributed by atoms with E-state index in [0.29, 0.717) is 48.7 Å². The van der Waals surface area contributed by atoms with Crippen molar-refractivity contribution in [1.82, 2.24) is 34.3 Å². The summed E-state index contributed by atoms with van der Waals surface area (Å²) in [5.41, 5.74) is 2.80. The first-order valence-corrected chi connectivity index (χ1v) is 17.0. The lowest BCUT2D eigenvalue weighted by Gasteiger charge is -2.53. The molecule has 1 aromatic heterocycles. The molecular weight excluding hydrogens is 635 g/mol. The maximum absolute atomic E-state index is 13.8. The zero-order chi connectivity index (χ0) is 33.3. The number of alkyl halides is 3. The third-order valence-electron chi connectivity index (χ3n) is 8.96. The second kappa shape index (κ2) is 13.2. The molecule has 2 aliphatic rings. The van der Waals surface area contributed by atoms with Crippen molar-refractivity contribution in [3.63, 3.8) is 0 Å². The SMILES string of the molecule is COc1ccc(-n2nnnc2C(F)(F)F)c(OC)c1CN1CC2CN(S(C)(=O)=O)CCN2C(C(c2ccccc2)c2ccccc2)C1. The summed E-state index contributed by atoms with van der Waals surface area (Å²) in [4.78, 5) is 4.62. The summed E-state index contributed by atoms with van der Waals surface area (Å²) in [7, 11) is -0.558. The van der Waals surface area contributed by atoms with Crippen molar-refractivity contribution in [2.75, 3.05) is 53.2 Å². The first-order chi connectivity index (χ1) is 22.5. The Bertz CT molecular complexity index is 1750. The van der Waals surface area contributed by atoms with E-state index in [2.05, 4.69) is 49.6 Å². The number of halogens is 3. The van der Waals surface area contributed by atoms with E-state index < -0.39 is 22.0 Å². The summed E-state index contributed by atoms with van der Waals surface area (Å²) < 4.78 is 80.3. The van der Waals surface area contributed by atoms with Gasteiger partial charge in [-0.25, -0.2) is 8.42 Å². The molecule has 0 spiro atoms. The predicted octanol–water partition coefficient (Wildman–Crippen LogP) is 3.66. The van der Waals surface area contributed by atoms with Crippen molar-refractivity contribution >= 4 is 10.0 Å². The molecule has 6 rings (SSSR count). The predicted molar refractivity (Wildman–Crippen MR) is 168 cm³/mol. The van der Waals surface area contributed by atoms with Crippen molar-refractivity contribution in [3.8, 4) is 17.2 Å². The molecule has 2 aliphatic heterocycles. The van der Waals surface area contributed by atoms with Crippen molar-refractivity contribution in [3.05, 3.63) is 95.3 Å². The second-order valence-corrected chi connectivity index (χ2v) is 13.8. The van der Waals surface area contributed by atoms with Crippen LogP contribution in [0.15, 0.2) is 72.8 Å². The van der Waals surface area contributed by atoms with Crippen molar-refractivity contribution in [2.24, 2.45) is 0 Å². The van der Waals surface area contributed by atoms with Crippen LogP contribution >= 0.6 is 0 Å². The third-order valence-corrected chi connectivity index (χ3v) is 10.2. The normalized spacial score (nSPS) is 19.9. The van der Waals surface area contributed by atoms with Crippen molar-refractivity contribution in [2.45, 2.75) is 30.7 Å². The number of hydrogen-bond donors (Lipinski definition) is 0. The Kier molecular flexibility index (Phi) is 9.25. The van der Waals surface area contributed by atoms with Crippen molar-refractivity contribution in [1.29, 1.82) is 0 Å². The molecule has 2 unspecified atom stereocenters. The fourth-order valence-corrected chi connectivity index (χ4v) is 7.81. The summed E-state index contributed by atoms with van der Waals surface area (Å²) in [6.45, 7) is 2.61. The van der Waals surface area contributed by atoms with Gasteiger partial charge in [-0.1, -0.05) is 60.7 Å². The van der Waals surface area contributed by atoms with Gasteiger partial charge in [0.15, 0.2) is 5.75 Å². The van der Waals surface area contributed by atoms with E-state index in [1.807, 2.05) is 36.4 Å². The number of tetrazole rings is 1. The molecule has 0 saturated carbocycles. The number of methoxy groups -OCH3 is 2. The Morgan fingerprint density at radius 3 is 2.13 bits per heavy atom. The van der Waals surface area contributed by atoms with Crippen LogP contribution in [0.5, 0.6) is 11.5 Å². The van der Waals surface area contributed by atoms with Crippen LogP contribution in [0.4, 0.5) is 13.2 Å². The molecule has 4 aromatic rings. The molecule has 250 valence electrons. The number of piperazine rings is 2. The van der Waals surface area contributed by atoms with E-state index in [9.17, 15) is 21.6 Å². The van der Waals surface area contributed by atoms with Gasteiger partial charge in [-0.05, 0) is 33.7 Å². The molecule has 2 saturated heterocycles. The van der Waals surface area contributed by atoms with E-state index >= 15 is 0 Å². The van der Waals surface area contributed by atoms with E-state index in [0.717, 1.165) is 11.1 Å². The highest BCUT2D eigenvalue weighted by molar-refractivity contribution is 7.88. The molecule has 11 nitrogen and oxygen atoms in total. The lowest BCUT2D eigenvalue weighted by molar-refractivity contribution is -0.146. The lowest BCUT2D eigenvalue weighted by atomic mass is 9.81. The van der Waals surface area contributed by atoms with Gasteiger partial charge in [0.2, 0.25) is 10.0 Å². The number of aromatic nitrogens is 4. The molecule has 0 amide bonds. The second-order valence-electron chi connectivity index (χ2n) is 11.8. The van der Waals surface area contributed by atoms with Gasteiger partial charge in [0.05, 0.1) is 26.0 Å². The maximum atomic E-state index is 13.8. The minimum absolute atomic E-state index is 0.0168. The standard InChI is InChI=1S/C32H36F3N7O4S/c1-45-28-15-14-26(42-31(32(33,34)35)36-37-38-42)30(46-2)25(28)20-39-18-24-19-40(47(3,43)44)16-17-41(24)27(21-39)29(22-10-6-4-7-11-22)23-12-8-5-9-13-23/h4-15,24,27,29H,16-21H2,1-3H3. The molecule has 0 bridgehead atoms. The largest absolute Gasteiger partial charge is 0.496 e. The molecule has 3 heterocycles. The number of ether oxygens (including phenoxy) is 2. The summed E-state index contributed by atoms with van der Waals surface area (Å²) in [6.07, 6.45) is -3.57. The molecule has 0 radical (unpaired) electrons. The van der Waals surface area contributed by atoms with E-state index in [-0.39, 0.29) is 36.0 Å². The molecule has 0 aliphatic carbocycles. The summed E-state index contributed by atoms with van der Waals surface area (Å²) in [5, 5.41) is 10.1. The van der Waals surface area contributed by atoms with E-state index in [4.69, 9.17) is 9.47 Å². The number of nitrogens with zero attached hydrogens (tertiary/aromatic N) is 7. The fraction of sp³-hybridized carbons (Fsp3) is 0.406. The van der Waals surface area contributed by atoms with Crippen LogP contribution < -0.4 is 9.47 Å². The summed E-state index contributed by atoms with van der Waals surface area (Å²) in [5.74, 6) is -0.754. The zero-order valence-corrected chi connectivity index (χ0v) is 27.0. The highest BCUT2D eigenvalue weighted by Gasteiger charge is 2.44. The molecule has 2 atom stereocenters. The van der Waals surface area contributed by atoms with Gasteiger partial charge >= 0.3 is 6.18 Å². The Morgan fingerprint density at radius 2 is 1.55 bits per heavy atom. The molecular formula is C32H36F3N7O4S. The Morgan fingerprint density at radius 1 is 0.894 bits per heavy atom. The summed E-state index contributed by atoms with van der Waals surface area (Å²) >= 11 is 0. The topological polar surface area (TPSA) is 106 Å². The quantitative estimate of drug-likeness (QED) is 0.264. The first-order valence-electron chi connectivity index (χ1n) is 15.1. The van der Waals surface area contributed by atoms with Crippen LogP contribution in [0, 0.1) is 0 Å². The Hall–Kier alpha value is -4.05. The number of fused-ring (bicyclic) bond motifs is 1. The highest BCUT2D eigenvalue weighted by atomic mass is 32.2.